The molecule has 2 rings (SSSR count). The molecule has 18 heavy (non-hydrogen) atoms. The average Bonchev–Trinajstić information content (AvgIpc) is 2.84. The first kappa shape index (κ1) is 12.1. The fourth-order valence-corrected chi connectivity index (χ4v) is 1.40. The Labute approximate surface area is 104 Å². The van der Waals surface area contributed by atoms with Crippen molar-refractivity contribution in [2.45, 2.75) is 19.9 Å². The Hall–Kier alpha value is -2.37. The topological polar surface area (TPSA) is 88.2 Å². The van der Waals surface area contributed by atoms with Gasteiger partial charge in [-0.1, -0.05) is 6.92 Å². The summed E-state index contributed by atoms with van der Waals surface area (Å²) in [5.74, 6) is 0.566. The molecule has 6 nitrogen and oxygen atoms in total. The van der Waals surface area contributed by atoms with E-state index in [9.17, 15) is 9.90 Å². The summed E-state index contributed by atoms with van der Waals surface area (Å²) < 4.78 is 5.34. The second-order valence-electron chi connectivity index (χ2n) is 3.63. The molecule has 0 aliphatic heterocycles. The standard InChI is InChI=1S/C12H13N3O3/c1-2-8-6-14-10(18-8)7-15-12(17)11-9(16)4-3-5-13-11/h3-6,16H,2,7H2,1H3,(H,15,17). The van der Waals surface area contributed by atoms with Crippen molar-refractivity contribution in [1.29, 1.82) is 0 Å². The van der Waals surface area contributed by atoms with E-state index >= 15 is 0 Å². The van der Waals surface area contributed by atoms with Crippen molar-refractivity contribution in [2.24, 2.45) is 0 Å². The van der Waals surface area contributed by atoms with Crippen molar-refractivity contribution in [3.8, 4) is 5.75 Å². The Morgan fingerprint density at radius 1 is 1.50 bits per heavy atom. The van der Waals surface area contributed by atoms with Gasteiger partial charge in [-0.25, -0.2) is 9.97 Å². The molecule has 0 aliphatic rings. The fraction of sp³-hybridized carbons (Fsp3) is 0.250. The highest BCUT2D eigenvalue weighted by Crippen LogP contribution is 2.12. The van der Waals surface area contributed by atoms with Crippen LogP contribution in [0.2, 0.25) is 0 Å². The van der Waals surface area contributed by atoms with Gasteiger partial charge in [-0.3, -0.25) is 4.79 Å². The van der Waals surface area contributed by atoms with Crippen molar-refractivity contribution in [2.75, 3.05) is 0 Å². The molecule has 94 valence electrons. The fourth-order valence-electron chi connectivity index (χ4n) is 1.40. The van der Waals surface area contributed by atoms with Crippen LogP contribution in [0.4, 0.5) is 0 Å². The average molecular weight is 247 g/mol. The van der Waals surface area contributed by atoms with Crippen LogP contribution in [0.5, 0.6) is 5.75 Å². The van der Waals surface area contributed by atoms with Crippen LogP contribution in [0.25, 0.3) is 0 Å². The van der Waals surface area contributed by atoms with E-state index in [1.165, 1.54) is 12.3 Å². The van der Waals surface area contributed by atoms with Crippen LogP contribution < -0.4 is 5.32 Å². The quantitative estimate of drug-likeness (QED) is 0.849. The molecule has 0 radical (unpaired) electrons. The summed E-state index contributed by atoms with van der Waals surface area (Å²) >= 11 is 0. The lowest BCUT2D eigenvalue weighted by Crippen LogP contribution is -2.23. The molecular weight excluding hydrogens is 234 g/mol. The predicted molar refractivity (Wildman–Crippen MR) is 63.0 cm³/mol. The lowest BCUT2D eigenvalue weighted by atomic mass is 10.3. The molecule has 0 bridgehead atoms. The molecule has 2 aromatic rings. The molecule has 0 saturated carbocycles. The number of carbonyl (C=O) groups is 1. The van der Waals surface area contributed by atoms with Gasteiger partial charge in [0.25, 0.3) is 5.91 Å². The minimum Gasteiger partial charge on any atom is -0.505 e. The number of aryl methyl sites for hydroxylation is 1. The Morgan fingerprint density at radius 3 is 3.00 bits per heavy atom. The van der Waals surface area contributed by atoms with Gasteiger partial charge in [0.2, 0.25) is 5.89 Å². The van der Waals surface area contributed by atoms with Gasteiger partial charge in [0.15, 0.2) is 5.69 Å². The SMILES string of the molecule is CCc1cnc(CNC(=O)c2ncccc2O)o1. The first-order chi connectivity index (χ1) is 8.70. The molecule has 0 atom stereocenters. The second kappa shape index (κ2) is 5.31. The van der Waals surface area contributed by atoms with Crippen LogP contribution in [-0.4, -0.2) is 21.0 Å². The summed E-state index contributed by atoms with van der Waals surface area (Å²) in [6.45, 7) is 2.11. The van der Waals surface area contributed by atoms with Crippen molar-refractivity contribution in [1.82, 2.24) is 15.3 Å². The molecule has 6 heteroatoms. The number of hydrogen-bond donors (Lipinski definition) is 2. The molecule has 0 aliphatic carbocycles. The van der Waals surface area contributed by atoms with Crippen molar-refractivity contribution >= 4 is 5.91 Å². The minimum atomic E-state index is -0.468. The zero-order valence-corrected chi connectivity index (χ0v) is 9.88. The summed E-state index contributed by atoms with van der Waals surface area (Å²) in [6.07, 6.45) is 3.82. The van der Waals surface area contributed by atoms with Gasteiger partial charge in [-0.15, -0.1) is 0 Å². The highest BCUT2D eigenvalue weighted by molar-refractivity contribution is 5.94. The Kier molecular flexibility index (Phi) is 3.57. The third-order valence-electron chi connectivity index (χ3n) is 2.35. The number of rotatable bonds is 4. The summed E-state index contributed by atoms with van der Waals surface area (Å²) in [4.78, 5) is 19.5. The highest BCUT2D eigenvalue weighted by atomic mass is 16.4. The molecule has 0 spiro atoms. The van der Waals surface area contributed by atoms with Gasteiger partial charge in [0.05, 0.1) is 12.7 Å². The monoisotopic (exact) mass is 247 g/mol. The van der Waals surface area contributed by atoms with E-state index in [0.717, 1.165) is 12.2 Å². The highest BCUT2D eigenvalue weighted by Gasteiger charge is 2.12. The van der Waals surface area contributed by atoms with Gasteiger partial charge in [0, 0.05) is 12.6 Å². The van der Waals surface area contributed by atoms with E-state index in [2.05, 4.69) is 15.3 Å². The van der Waals surface area contributed by atoms with Crippen LogP contribution in [0.3, 0.4) is 0 Å². The normalized spacial score (nSPS) is 10.3. The number of nitrogens with zero attached hydrogens (tertiary/aromatic N) is 2. The summed E-state index contributed by atoms with van der Waals surface area (Å²) in [7, 11) is 0. The van der Waals surface area contributed by atoms with Crippen molar-refractivity contribution in [3.05, 3.63) is 41.9 Å². The zero-order chi connectivity index (χ0) is 13.0. The third kappa shape index (κ3) is 2.65. The summed E-state index contributed by atoms with van der Waals surface area (Å²) in [5.41, 5.74) is -0.0141. The van der Waals surface area contributed by atoms with Crippen LogP contribution in [-0.2, 0) is 13.0 Å². The molecule has 0 unspecified atom stereocenters. The van der Waals surface area contributed by atoms with E-state index in [1.807, 2.05) is 6.92 Å². The lowest BCUT2D eigenvalue weighted by Gasteiger charge is -2.03. The van der Waals surface area contributed by atoms with E-state index < -0.39 is 5.91 Å². The van der Waals surface area contributed by atoms with Crippen molar-refractivity contribution in [3.63, 3.8) is 0 Å². The predicted octanol–water partition coefficient (Wildman–Crippen LogP) is 1.27. The summed E-state index contributed by atoms with van der Waals surface area (Å²) in [6, 6.07) is 2.95. The van der Waals surface area contributed by atoms with Gasteiger partial charge < -0.3 is 14.8 Å². The molecule has 0 aromatic carbocycles. The van der Waals surface area contributed by atoms with Crippen molar-refractivity contribution < 1.29 is 14.3 Å². The molecule has 2 heterocycles. The van der Waals surface area contributed by atoms with Gasteiger partial charge >= 0.3 is 0 Å². The molecule has 2 N–H and O–H groups in total. The van der Waals surface area contributed by atoms with Gasteiger partial charge in [-0.2, -0.15) is 0 Å². The lowest BCUT2D eigenvalue weighted by molar-refractivity contribution is 0.0939. The van der Waals surface area contributed by atoms with Gasteiger partial charge in [-0.05, 0) is 12.1 Å². The summed E-state index contributed by atoms with van der Waals surface area (Å²) in [5, 5.41) is 12.0. The van der Waals surface area contributed by atoms with E-state index in [1.54, 1.807) is 12.3 Å². The number of amides is 1. The smallest absolute Gasteiger partial charge is 0.274 e. The van der Waals surface area contributed by atoms with Gasteiger partial charge in [0.1, 0.15) is 11.5 Å². The third-order valence-corrected chi connectivity index (χ3v) is 2.35. The van der Waals surface area contributed by atoms with Crippen LogP contribution in [0.15, 0.2) is 28.9 Å². The molecule has 0 fully saturated rings. The second-order valence-corrected chi connectivity index (χ2v) is 3.63. The maximum atomic E-state index is 11.7. The number of oxazole rings is 1. The number of nitrogens with one attached hydrogen (secondary N) is 1. The Bertz CT molecular complexity index is 551. The number of carbonyl (C=O) groups excluding carboxylic acids is 1. The van der Waals surface area contributed by atoms with Crippen LogP contribution >= 0.6 is 0 Å². The zero-order valence-electron chi connectivity index (χ0n) is 9.88. The van der Waals surface area contributed by atoms with Crippen LogP contribution in [0, 0.1) is 0 Å². The van der Waals surface area contributed by atoms with E-state index in [-0.39, 0.29) is 18.0 Å². The Morgan fingerprint density at radius 2 is 2.33 bits per heavy atom. The maximum Gasteiger partial charge on any atom is 0.274 e. The molecule has 0 saturated heterocycles. The molecule has 1 amide bonds. The number of pyridine rings is 1. The van der Waals surface area contributed by atoms with E-state index in [4.69, 9.17) is 4.42 Å². The number of aromatic nitrogens is 2. The molecule has 2 aromatic heterocycles. The minimum absolute atomic E-state index is 0.0141. The Balaban J connectivity index is 1.98. The largest absolute Gasteiger partial charge is 0.505 e. The maximum absolute atomic E-state index is 11.7. The van der Waals surface area contributed by atoms with Crippen LogP contribution in [0.1, 0.15) is 29.1 Å². The first-order valence-electron chi connectivity index (χ1n) is 5.56. The number of aromatic hydroxyl groups is 1. The van der Waals surface area contributed by atoms with E-state index in [0.29, 0.717) is 5.89 Å². The number of hydrogen-bond acceptors (Lipinski definition) is 5. The molecular formula is C12H13N3O3. The first-order valence-corrected chi connectivity index (χ1v) is 5.56.